The SMILES string of the molecule is Nc1ccc2c(C(=O)N3CCC(O)C3)c[nH]c2c1. The molecule has 1 amide bonds. The monoisotopic (exact) mass is 245 g/mol. The summed E-state index contributed by atoms with van der Waals surface area (Å²) in [5.74, 6) is -0.0393. The molecule has 1 aromatic carbocycles. The van der Waals surface area contributed by atoms with Gasteiger partial charge in [0.25, 0.3) is 5.91 Å². The summed E-state index contributed by atoms with van der Waals surface area (Å²) >= 11 is 0. The van der Waals surface area contributed by atoms with Crippen molar-refractivity contribution in [1.29, 1.82) is 0 Å². The van der Waals surface area contributed by atoms with E-state index in [2.05, 4.69) is 4.98 Å². The maximum atomic E-state index is 12.3. The van der Waals surface area contributed by atoms with Crippen LogP contribution in [0.1, 0.15) is 16.8 Å². The summed E-state index contributed by atoms with van der Waals surface area (Å²) in [5, 5.41) is 10.3. The topological polar surface area (TPSA) is 82.3 Å². The highest BCUT2D eigenvalue weighted by Crippen LogP contribution is 2.23. The average Bonchev–Trinajstić information content (AvgIpc) is 2.94. The fourth-order valence-electron chi connectivity index (χ4n) is 2.42. The van der Waals surface area contributed by atoms with Crippen molar-refractivity contribution in [1.82, 2.24) is 9.88 Å². The van der Waals surface area contributed by atoms with Crippen molar-refractivity contribution in [2.45, 2.75) is 12.5 Å². The largest absolute Gasteiger partial charge is 0.399 e. The number of H-pyrrole nitrogens is 1. The molecule has 0 spiro atoms. The lowest BCUT2D eigenvalue weighted by molar-refractivity contribution is 0.0767. The van der Waals surface area contributed by atoms with Gasteiger partial charge >= 0.3 is 0 Å². The lowest BCUT2D eigenvalue weighted by Gasteiger charge is -2.14. The van der Waals surface area contributed by atoms with E-state index < -0.39 is 6.10 Å². The number of β-amino-alcohol motifs (C(OH)–C–C–N with tert-alkyl or cyclic N) is 1. The zero-order valence-electron chi connectivity index (χ0n) is 9.89. The number of hydrogen-bond acceptors (Lipinski definition) is 3. The quantitative estimate of drug-likeness (QED) is 0.654. The lowest BCUT2D eigenvalue weighted by Crippen LogP contribution is -2.29. The van der Waals surface area contributed by atoms with Crippen molar-refractivity contribution in [3.8, 4) is 0 Å². The van der Waals surface area contributed by atoms with Gasteiger partial charge in [-0.1, -0.05) is 0 Å². The van der Waals surface area contributed by atoms with E-state index in [-0.39, 0.29) is 5.91 Å². The van der Waals surface area contributed by atoms with E-state index in [1.807, 2.05) is 12.1 Å². The van der Waals surface area contributed by atoms with Crippen LogP contribution in [0.5, 0.6) is 0 Å². The Bertz CT molecular complexity index is 605. The molecule has 18 heavy (non-hydrogen) atoms. The third kappa shape index (κ3) is 1.73. The van der Waals surface area contributed by atoms with Crippen LogP contribution >= 0.6 is 0 Å². The molecule has 1 aromatic heterocycles. The number of hydrogen-bond donors (Lipinski definition) is 3. The average molecular weight is 245 g/mol. The van der Waals surface area contributed by atoms with E-state index in [0.29, 0.717) is 30.8 Å². The molecule has 4 N–H and O–H groups in total. The first-order valence-corrected chi connectivity index (χ1v) is 5.99. The number of anilines is 1. The fourth-order valence-corrected chi connectivity index (χ4v) is 2.42. The molecule has 5 heteroatoms. The molecule has 94 valence electrons. The molecule has 1 aliphatic rings. The predicted octanol–water partition coefficient (Wildman–Crippen LogP) is 0.957. The number of carbonyl (C=O) groups is 1. The van der Waals surface area contributed by atoms with Gasteiger partial charge in [-0.25, -0.2) is 0 Å². The minimum Gasteiger partial charge on any atom is -0.399 e. The van der Waals surface area contributed by atoms with Crippen LogP contribution in [0.3, 0.4) is 0 Å². The summed E-state index contributed by atoms with van der Waals surface area (Å²) in [6.45, 7) is 1.03. The Morgan fingerprint density at radius 1 is 1.50 bits per heavy atom. The van der Waals surface area contributed by atoms with E-state index in [1.54, 1.807) is 17.2 Å². The molecule has 2 aromatic rings. The minimum absolute atomic E-state index is 0.0393. The van der Waals surface area contributed by atoms with Crippen LogP contribution in [-0.4, -0.2) is 40.1 Å². The van der Waals surface area contributed by atoms with Gasteiger partial charge in [-0.3, -0.25) is 4.79 Å². The summed E-state index contributed by atoms with van der Waals surface area (Å²) in [5.41, 5.74) is 7.87. The summed E-state index contributed by atoms with van der Waals surface area (Å²) in [6.07, 6.45) is 1.97. The Kier molecular flexibility index (Phi) is 2.48. The zero-order chi connectivity index (χ0) is 12.7. The van der Waals surface area contributed by atoms with E-state index in [9.17, 15) is 9.90 Å². The minimum atomic E-state index is -0.394. The standard InChI is InChI=1S/C13H15N3O2/c14-8-1-2-10-11(6-15-12(10)5-8)13(18)16-4-3-9(17)7-16/h1-2,5-6,9,15,17H,3-4,7,14H2. The molecule has 0 bridgehead atoms. The first-order valence-electron chi connectivity index (χ1n) is 5.99. The van der Waals surface area contributed by atoms with Crippen molar-refractivity contribution in [2.24, 2.45) is 0 Å². The second-order valence-corrected chi connectivity index (χ2v) is 4.70. The van der Waals surface area contributed by atoms with Crippen molar-refractivity contribution < 1.29 is 9.90 Å². The Hall–Kier alpha value is -2.01. The molecule has 1 atom stereocenters. The molecule has 1 aliphatic heterocycles. The van der Waals surface area contributed by atoms with E-state index >= 15 is 0 Å². The Morgan fingerprint density at radius 3 is 3.06 bits per heavy atom. The van der Waals surface area contributed by atoms with Crippen LogP contribution in [0.2, 0.25) is 0 Å². The van der Waals surface area contributed by atoms with Crippen LogP contribution in [-0.2, 0) is 0 Å². The molecule has 1 fully saturated rings. The van der Waals surface area contributed by atoms with Crippen molar-refractivity contribution in [2.75, 3.05) is 18.8 Å². The second kappa shape index (κ2) is 4.03. The van der Waals surface area contributed by atoms with Gasteiger partial charge in [0.1, 0.15) is 0 Å². The highest BCUT2D eigenvalue weighted by atomic mass is 16.3. The Morgan fingerprint density at radius 2 is 2.33 bits per heavy atom. The van der Waals surface area contributed by atoms with Gasteiger partial charge in [0, 0.05) is 35.9 Å². The van der Waals surface area contributed by atoms with Gasteiger partial charge < -0.3 is 20.7 Å². The van der Waals surface area contributed by atoms with E-state index in [0.717, 1.165) is 10.9 Å². The number of nitrogens with one attached hydrogen (secondary N) is 1. The molecule has 3 rings (SSSR count). The van der Waals surface area contributed by atoms with Gasteiger partial charge in [0.15, 0.2) is 0 Å². The molecule has 1 saturated heterocycles. The second-order valence-electron chi connectivity index (χ2n) is 4.70. The van der Waals surface area contributed by atoms with Crippen LogP contribution in [0.15, 0.2) is 24.4 Å². The smallest absolute Gasteiger partial charge is 0.256 e. The molecule has 0 aliphatic carbocycles. The molecule has 2 heterocycles. The lowest BCUT2D eigenvalue weighted by atomic mass is 10.1. The van der Waals surface area contributed by atoms with Gasteiger partial charge in [0.2, 0.25) is 0 Å². The number of aromatic amines is 1. The number of aliphatic hydroxyl groups is 1. The summed E-state index contributed by atoms with van der Waals surface area (Å²) in [7, 11) is 0. The predicted molar refractivity (Wildman–Crippen MR) is 69.2 cm³/mol. The highest BCUT2D eigenvalue weighted by molar-refractivity contribution is 6.07. The van der Waals surface area contributed by atoms with Crippen LogP contribution in [0, 0.1) is 0 Å². The molecular formula is C13H15N3O2. The molecule has 0 radical (unpaired) electrons. The van der Waals surface area contributed by atoms with E-state index in [1.165, 1.54) is 0 Å². The van der Waals surface area contributed by atoms with Crippen LogP contribution in [0.25, 0.3) is 10.9 Å². The number of benzene rings is 1. The number of amides is 1. The molecule has 5 nitrogen and oxygen atoms in total. The number of nitrogen functional groups attached to an aromatic ring is 1. The fraction of sp³-hybridized carbons (Fsp3) is 0.308. The van der Waals surface area contributed by atoms with Gasteiger partial charge in [-0.15, -0.1) is 0 Å². The van der Waals surface area contributed by atoms with Crippen molar-refractivity contribution in [3.05, 3.63) is 30.0 Å². The van der Waals surface area contributed by atoms with Gasteiger partial charge in [0.05, 0.1) is 11.7 Å². The number of nitrogens with zero attached hydrogens (tertiary/aromatic N) is 1. The van der Waals surface area contributed by atoms with E-state index in [4.69, 9.17) is 5.73 Å². The third-order valence-electron chi connectivity index (χ3n) is 3.39. The maximum absolute atomic E-state index is 12.3. The number of rotatable bonds is 1. The van der Waals surface area contributed by atoms with Gasteiger partial charge in [-0.05, 0) is 24.6 Å². The summed E-state index contributed by atoms with van der Waals surface area (Å²) in [4.78, 5) is 17.1. The number of fused-ring (bicyclic) bond motifs is 1. The first kappa shape index (κ1) is 11.1. The third-order valence-corrected chi connectivity index (χ3v) is 3.39. The van der Waals surface area contributed by atoms with Crippen LogP contribution in [0.4, 0.5) is 5.69 Å². The summed E-state index contributed by atoms with van der Waals surface area (Å²) in [6, 6.07) is 5.44. The van der Waals surface area contributed by atoms with Crippen molar-refractivity contribution >= 4 is 22.5 Å². The van der Waals surface area contributed by atoms with Gasteiger partial charge in [-0.2, -0.15) is 0 Å². The Balaban J connectivity index is 1.97. The number of carbonyl (C=O) groups excluding carboxylic acids is 1. The van der Waals surface area contributed by atoms with Crippen molar-refractivity contribution in [3.63, 3.8) is 0 Å². The Labute approximate surface area is 104 Å². The first-order chi connectivity index (χ1) is 8.65. The summed E-state index contributed by atoms with van der Waals surface area (Å²) < 4.78 is 0. The molecular weight excluding hydrogens is 230 g/mol. The molecule has 1 unspecified atom stereocenters. The van der Waals surface area contributed by atoms with Crippen LogP contribution < -0.4 is 5.73 Å². The normalized spacial score (nSPS) is 19.6. The highest BCUT2D eigenvalue weighted by Gasteiger charge is 2.26. The number of likely N-dealkylation sites (tertiary alicyclic amines) is 1. The number of aromatic nitrogens is 1. The zero-order valence-corrected chi connectivity index (χ0v) is 9.89. The maximum Gasteiger partial charge on any atom is 0.256 e. The molecule has 0 saturated carbocycles. The number of aliphatic hydroxyl groups excluding tert-OH is 1. The number of nitrogens with two attached hydrogens (primary N) is 1.